The Morgan fingerprint density at radius 2 is 1.96 bits per heavy atom. The lowest BCUT2D eigenvalue weighted by Gasteiger charge is -2.11. The van der Waals surface area contributed by atoms with Crippen LogP contribution >= 0.6 is 0 Å². The van der Waals surface area contributed by atoms with Crippen molar-refractivity contribution in [3.05, 3.63) is 54.4 Å². The van der Waals surface area contributed by atoms with Gasteiger partial charge in [0.2, 0.25) is 5.91 Å². The molecule has 3 aromatic rings. The van der Waals surface area contributed by atoms with Gasteiger partial charge in [-0.25, -0.2) is 4.98 Å². The van der Waals surface area contributed by atoms with Crippen LogP contribution in [0.4, 0.5) is 5.69 Å². The Bertz CT molecular complexity index is 854. The molecule has 0 spiro atoms. The average Bonchev–Trinajstić information content (AvgIpc) is 2.94. The fourth-order valence-corrected chi connectivity index (χ4v) is 2.60. The Morgan fingerprint density at radius 1 is 1.25 bits per heavy atom. The normalized spacial score (nSPS) is 12.1. The number of hydrogen-bond donors (Lipinski definition) is 2. The molecule has 1 unspecified atom stereocenters. The minimum Gasteiger partial charge on any atom is -0.497 e. The molecule has 0 saturated heterocycles. The molecule has 0 fully saturated rings. The van der Waals surface area contributed by atoms with Crippen LogP contribution in [0, 0.1) is 0 Å². The topological polar surface area (TPSA) is 76.4 Å². The van der Waals surface area contributed by atoms with Gasteiger partial charge < -0.3 is 19.7 Å². The maximum absolute atomic E-state index is 12.4. The average molecular weight is 325 g/mol. The van der Waals surface area contributed by atoms with E-state index < -0.39 is 6.10 Å². The minimum atomic E-state index is -0.758. The van der Waals surface area contributed by atoms with Crippen LogP contribution in [0.2, 0.25) is 0 Å². The van der Waals surface area contributed by atoms with E-state index in [1.807, 2.05) is 24.3 Å². The number of benzene rings is 2. The predicted octanol–water partition coefficient (Wildman–Crippen LogP) is 2.74. The Balaban J connectivity index is 1.83. The largest absolute Gasteiger partial charge is 0.497 e. The molecule has 124 valence electrons. The number of aliphatic hydroxyl groups excluding tert-OH is 1. The summed E-state index contributed by atoms with van der Waals surface area (Å²) < 4.78 is 6.83. The molecule has 3 rings (SSSR count). The highest BCUT2D eigenvalue weighted by molar-refractivity contribution is 5.91. The molecule has 6 heteroatoms. The van der Waals surface area contributed by atoms with Gasteiger partial charge in [0.05, 0.1) is 18.1 Å². The minimum absolute atomic E-state index is 0.0762. The number of nitrogens with zero attached hydrogens (tertiary/aromatic N) is 2. The number of carbonyl (C=O) groups excluding carboxylic acids is 1. The highest BCUT2D eigenvalue weighted by Crippen LogP contribution is 2.21. The number of anilines is 1. The number of amides is 1. The molecular formula is C18H19N3O3. The van der Waals surface area contributed by atoms with E-state index in [4.69, 9.17) is 4.74 Å². The number of fused-ring (bicyclic) bond motifs is 1. The van der Waals surface area contributed by atoms with Crippen molar-refractivity contribution in [1.29, 1.82) is 0 Å². The molecular weight excluding hydrogens is 306 g/mol. The van der Waals surface area contributed by atoms with Crippen molar-refractivity contribution in [1.82, 2.24) is 9.55 Å². The maximum atomic E-state index is 12.4. The van der Waals surface area contributed by atoms with Crippen molar-refractivity contribution in [3.63, 3.8) is 0 Å². The second-order valence-corrected chi connectivity index (χ2v) is 5.50. The van der Waals surface area contributed by atoms with Crippen LogP contribution in [0.3, 0.4) is 0 Å². The predicted molar refractivity (Wildman–Crippen MR) is 92.0 cm³/mol. The van der Waals surface area contributed by atoms with Crippen molar-refractivity contribution in [2.24, 2.45) is 0 Å². The molecule has 1 atom stereocenters. The molecule has 1 heterocycles. The van der Waals surface area contributed by atoms with E-state index in [1.54, 1.807) is 42.9 Å². The second kappa shape index (κ2) is 6.72. The fourth-order valence-electron chi connectivity index (χ4n) is 2.60. The first-order valence-corrected chi connectivity index (χ1v) is 7.65. The standard InChI is InChI=1S/C18H19N3O3/c1-12(22)18-20-15-5-3-4-6-16(15)21(18)11-17(23)19-13-7-9-14(24-2)10-8-13/h3-10,12,22H,11H2,1-2H3,(H,19,23). The third-order valence-corrected chi connectivity index (χ3v) is 3.73. The third kappa shape index (κ3) is 3.23. The first-order valence-electron chi connectivity index (χ1n) is 7.65. The molecule has 2 N–H and O–H groups in total. The summed E-state index contributed by atoms with van der Waals surface area (Å²) in [4.78, 5) is 16.8. The zero-order valence-corrected chi connectivity index (χ0v) is 13.6. The van der Waals surface area contributed by atoms with Crippen LogP contribution in [0.1, 0.15) is 18.9 Å². The quantitative estimate of drug-likeness (QED) is 0.756. The number of ether oxygens (including phenoxy) is 1. The molecule has 1 amide bonds. The Kier molecular flexibility index (Phi) is 4.48. The van der Waals surface area contributed by atoms with Crippen LogP contribution in [-0.4, -0.2) is 27.7 Å². The number of methoxy groups -OCH3 is 1. The fraction of sp³-hybridized carbons (Fsp3) is 0.222. The molecule has 0 saturated carbocycles. The summed E-state index contributed by atoms with van der Waals surface area (Å²) in [6, 6.07) is 14.6. The van der Waals surface area contributed by atoms with E-state index in [1.165, 1.54) is 0 Å². The molecule has 0 bridgehead atoms. The van der Waals surface area contributed by atoms with Crippen LogP contribution in [0.15, 0.2) is 48.5 Å². The molecule has 0 aliphatic rings. The molecule has 1 aromatic heterocycles. The van der Waals surface area contributed by atoms with Crippen molar-refractivity contribution < 1.29 is 14.6 Å². The third-order valence-electron chi connectivity index (χ3n) is 3.73. The lowest BCUT2D eigenvalue weighted by molar-refractivity contribution is -0.116. The zero-order valence-electron chi connectivity index (χ0n) is 13.6. The highest BCUT2D eigenvalue weighted by Gasteiger charge is 2.16. The Morgan fingerprint density at radius 3 is 2.62 bits per heavy atom. The number of para-hydroxylation sites is 2. The van der Waals surface area contributed by atoms with Crippen LogP contribution < -0.4 is 10.1 Å². The van der Waals surface area contributed by atoms with E-state index >= 15 is 0 Å². The molecule has 24 heavy (non-hydrogen) atoms. The van der Waals surface area contributed by atoms with Gasteiger partial charge in [-0.1, -0.05) is 12.1 Å². The van der Waals surface area contributed by atoms with E-state index in [0.29, 0.717) is 11.5 Å². The van der Waals surface area contributed by atoms with Gasteiger partial charge in [-0.3, -0.25) is 4.79 Å². The van der Waals surface area contributed by atoms with Crippen molar-refractivity contribution in [2.45, 2.75) is 19.6 Å². The highest BCUT2D eigenvalue weighted by atomic mass is 16.5. The number of hydrogen-bond acceptors (Lipinski definition) is 4. The van der Waals surface area contributed by atoms with E-state index in [0.717, 1.165) is 16.8 Å². The number of aromatic nitrogens is 2. The monoisotopic (exact) mass is 325 g/mol. The van der Waals surface area contributed by atoms with Crippen LogP contribution in [0.25, 0.3) is 11.0 Å². The molecule has 0 aliphatic carbocycles. The van der Waals surface area contributed by atoms with Crippen LogP contribution in [0.5, 0.6) is 5.75 Å². The first-order chi connectivity index (χ1) is 11.6. The van der Waals surface area contributed by atoms with Crippen LogP contribution in [-0.2, 0) is 11.3 Å². The molecule has 6 nitrogen and oxygen atoms in total. The summed E-state index contributed by atoms with van der Waals surface area (Å²) in [6.07, 6.45) is -0.758. The Labute approximate surface area is 139 Å². The van der Waals surface area contributed by atoms with Gasteiger partial charge in [0.15, 0.2) is 0 Å². The lowest BCUT2D eigenvalue weighted by Crippen LogP contribution is -2.20. The molecule has 0 aliphatic heterocycles. The number of rotatable bonds is 5. The first kappa shape index (κ1) is 16.0. The maximum Gasteiger partial charge on any atom is 0.244 e. The van der Waals surface area contributed by atoms with Gasteiger partial charge in [-0.2, -0.15) is 0 Å². The number of nitrogens with one attached hydrogen (secondary N) is 1. The van der Waals surface area contributed by atoms with Gasteiger partial charge in [0.25, 0.3) is 0 Å². The number of carbonyl (C=O) groups is 1. The number of aliphatic hydroxyl groups is 1. The lowest BCUT2D eigenvalue weighted by atomic mass is 10.3. The Hall–Kier alpha value is -2.86. The van der Waals surface area contributed by atoms with Gasteiger partial charge in [-0.05, 0) is 43.3 Å². The summed E-state index contributed by atoms with van der Waals surface area (Å²) >= 11 is 0. The summed E-state index contributed by atoms with van der Waals surface area (Å²) in [5, 5.41) is 12.8. The van der Waals surface area contributed by atoms with Gasteiger partial charge in [0, 0.05) is 5.69 Å². The van der Waals surface area contributed by atoms with E-state index in [2.05, 4.69) is 10.3 Å². The summed E-state index contributed by atoms with van der Waals surface area (Å²) in [5.41, 5.74) is 2.26. The second-order valence-electron chi connectivity index (χ2n) is 5.50. The van der Waals surface area contributed by atoms with Gasteiger partial charge in [-0.15, -0.1) is 0 Å². The van der Waals surface area contributed by atoms with Crippen molar-refractivity contribution in [3.8, 4) is 5.75 Å². The SMILES string of the molecule is COc1ccc(NC(=O)Cn2c(C(C)O)nc3ccccc32)cc1. The zero-order chi connectivity index (χ0) is 17.1. The summed E-state index contributed by atoms with van der Waals surface area (Å²) in [7, 11) is 1.59. The van der Waals surface area contributed by atoms with E-state index in [-0.39, 0.29) is 12.5 Å². The smallest absolute Gasteiger partial charge is 0.244 e. The summed E-state index contributed by atoms with van der Waals surface area (Å²) in [5.74, 6) is 1.01. The molecule has 2 aromatic carbocycles. The van der Waals surface area contributed by atoms with Gasteiger partial charge >= 0.3 is 0 Å². The van der Waals surface area contributed by atoms with E-state index in [9.17, 15) is 9.90 Å². The van der Waals surface area contributed by atoms with Crippen molar-refractivity contribution in [2.75, 3.05) is 12.4 Å². The van der Waals surface area contributed by atoms with Crippen molar-refractivity contribution >= 4 is 22.6 Å². The molecule has 0 radical (unpaired) electrons. The summed E-state index contributed by atoms with van der Waals surface area (Å²) in [6.45, 7) is 1.71. The number of imidazole rings is 1. The van der Waals surface area contributed by atoms with Gasteiger partial charge in [0.1, 0.15) is 24.2 Å².